The zero-order valence-corrected chi connectivity index (χ0v) is 26.7. The summed E-state index contributed by atoms with van der Waals surface area (Å²) in [6, 6.07) is 15.7. The van der Waals surface area contributed by atoms with Gasteiger partial charge < -0.3 is 29.9 Å². The van der Waals surface area contributed by atoms with Gasteiger partial charge in [-0.25, -0.2) is 9.78 Å². The zero-order chi connectivity index (χ0) is 32.0. The number of halogens is 1. The minimum Gasteiger partial charge on any atom is -0.489 e. The molecule has 0 unspecified atom stereocenters. The number of hydrogen-bond acceptors (Lipinski definition) is 7. The third-order valence-corrected chi connectivity index (χ3v) is 7.93. The third kappa shape index (κ3) is 8.66. The van der Waals surface area contributed by atoms with Crippen LogP contribution in [0.5, 0.6) is 5.75 Å². The number of piperidine rings is 2. The predicted octanol–water partition coefficient (Wildman–Crippen LogP) is 7.01. The Morgan fingerprint density at radius 1 is 0.867 bits per heavy atom. The smallest absolute Gasteiger partial charge is 0.410 e. The Bertz CT molecular complexity index is 1510. The molecule has 2 aromatic carbocycles. The maximum absolute atomic E-state index is 13.8. The van der Waals surface area contributed by atoms with E-state index >= 15 is 0 Å². The molecule has 238 valence electrons. The molecule has 0 radical (unpaired) electrons. The molecule has 2 fully saturated rings. The van der Waals surface area contributed by atoms with Gasteiger partial charge in [0.15, 0.2) is 0 Å². The van der Waals surface area contributed by atoms with Crippen molar-refractivity contribution in [2.75, 3.05) is 41.7 Å². The number of hydrogen-bond donors (Lipinski definition) is 2. The fourth-order valence-corrected chi connectivity index (χ4v) is 5.53. The number of likely N-dealkylation sites (tertiary alicyclic amines) is 1. The molecule has 0 spiro atoms. The topological polar surface area (TPSA) is 113 Å². The van der Waals surface area contributed by atoms with Gasteiger partial charge >= 0.3 is 6.09 Å². The first-order valence-corrected chi connectivity index (χ1v) is 15.8. The molecule has 3 aromatic rings. The molecular weight excluding hydrogens is 594 g/mol. The van der Waals surface area contributed by atoms with Crippen molar-refractivity contribution in [3.63, 3.8) is 0 Å². The highest BCUT2D eigenvalue weighted by Gasteiger charge is 2.29. The van der Waals surface area contributed by atoms with E-state index in [1.807, 2.05) is 32.9 Å². The van der Waals surface area contributed by atoms with Crippen molar-refractivity contribution < 1.29 is 23.9 Å². The minimum absolute atomic E-state index is 0.184. The Balaban J connectivity index is 1.33. The van der Waals surface area contributed by atoms with Crippen molar-refractivity contribution in [3.8, 4) is 5.75 Å². The molecule has 10 nitrogen and oxygen atoms in total. The SMILES string of the molecule is CC(C)(C)OC(=O)N1CCC(Oc2cc(N3CCCCC3)ccc2C(=O)Nc2ccccc2C(=O)Nc2ccc(Cl)cn2)CC1. The van der Waals surface area contributed by atoms with Crippen LogP contribution in [0.25, 0.3) is 0 Å². The van der Waals surface area contributed by atoms with Gasteiger partial charge in [-0.2, -0.15) is 0 Å². The summed E-state index contributed by atoms with van der Waals surface area (Å²) in [7, 11) is 0. The summed E-state index contributed by atoms with van der Waals surface area (Å²) in [5.74, 6) is -0.00790. The molecule has 1 aromatic heterocycles. The second-order valence-electron chi connectivity index (χ2n) is 12.3. The first-order valence-electron chi connectivity index (χ1n) is 15.4. The lowest BCUT2D eigenvalue weighted by molar-refractivity contribution is 0.0126. The molecule has 0 atom stereocenters. The average Bonchev–Trinajstić information content (AvgIpc) is 3.02. The fraction of sp³-hybridized carbons (Fsp3) is 0.412. The standard InChI is InChI=1S/C34H40ClN5O5/c1-34(2,3)45-33(43)40-19-15-25(16-20-40)44-29-21-24(39-17-7-4-8-18-39)12-13-27(29)32(42)37-28-10-6-5-9-26(28)31(41)38-30-14-11-23(35)22-36-30/h5-6,9-14,21-22,25H,4,7-8,15-20H2,1-3H3,(H,37,42)(H,36,38,41). The monoisotopic (exact) mass is 633 g/mol. The molecule has 3 heterocycles. The summed E-state index contributed by atoms with van der Waals surface area (Å²) in [6.07, 6.45) is 5.59. The molecule has 3 amide bonds. The van der Waals surface area contributed by atoms with Crippen molar-refractivity contribution in [2.45, 2.75) is 64.6 Å². The summed E-state index contributed by atoms with van der Waals surface area (Å²) in [5.41, 5.74) is 1.44. The molecule has 45 heavy (non-hydrogen) atoms. The highest BCUT2D eigenvalue weighted by atomic mass is 35.5. The van der Waals surface area contributed by atoms with Gasteiger partial charge in [0.25, 0.3) is 11.8 Å². The van der Waals surface area contributed by atoms with Crippen LogP contribution in [0.2, 0.25) is 5.02 Å². The number of carbonyl (C=O) groups is 3. The van der Waals surface area contributed by atoms with Gasteiger partial charge in [0, 0.05) is 57.0 Å². The van der Waals surface area contributed by atoms with E-state index in [1.54, 1.807) is 47.4 Å². The van der Waals surface area contributed by atoms with Crippen molar-refractivity contribution >= 4 is 46.7 Å². The van der Waals surface area contributed by atoms with Crippen molar-refractivity contribution in [2.24, 2.45) is 0 Å². The average molecular weight is 634 g/mol. The third-order valence-electron chi connectivity index (χ3n) is 7.71. The van der Waals surface area contributed by atoms with Crippen LogP contribution < -0.4 is 20.3 Å². The summed E-state index contributed by atoms with van der Waals surface area (Å²) in [6.45, 7) is 8.45. The number of amides is 3. The second-order valence-corrected chi connectivity index (χ2v) is 12.8. The molecule has 2 aliphatic heterocycles. The summed E-state index contributed by atoms with van der Waals surface area (Å²) < 4.78 is 12.0. The largest absolute Gasteiger partial charge is 0.489 e. The predicted molar refractivity (Wildman–Crippen MR) is 176 cm³/mol. The van der Waals surface area contributed by atoms with Crippen LogP contribution in [0.4, 0.5) is 22.0 Å². The second kappa shape index (κ2) is 14.2. The Labute approximate surface area is 269 Å². The quantitative estimate of drug-likeness (QED) is 0.288. The van der Waals surface area contributed by atoms with Gasteiger partial charge in [-0.1, -0.05) is 23.7 Å². The molecule has 2 N–H and O–H groups in total. The minimum atomic E-state index is -0.562. The Morgan fingerprint density at radius 3 is 2.27 bits per heavy atom. The molecule has 5 rings (SSSR count). The number of anilines is 3. The van der Waals surface area contributed by atoms with E-state index in [2.05, 4.69) is 20.5 Å². The lowest BCUT2D eigenvalue weighted by Gasteiger charge is -2.34. The Kier molecular flexibility index (Phi) is 10.1. The van der Waals surface area contributed by atoms with Crippen molar-refractivity contribution in [1.82, 2.24) is 9.88 Å². The van der Waals surface area contributed by atoms with E-state index in [-0.39, 0.29) is 17.8 Å². The van der Waals surface area contributed by atoms with Crippen LogP contribution in [0, 0.1) is 0 Å². The fourth-order valence-electron chi connectivity index (χ4n) is 5.42. The molecule has 11 heteroatoms. The number of nitrogens with one attached hydrogen (secondary N) is 2. The number of ether oxygens (including phenoxy) is 2. The van der Waals surface area contributed by atoms with Gasteiger partial charge in [0.2, 0.25) is 0 Å². The summed E-state index contributed by atoms with van der Waals surface area (Å²) in [4.78, 5) is 47.6. The maximum Gasteiger partial charge on any atom is 0.410 e. The number of aromatic nitrogens is 1. The maximum atomic E-state index is 13.8. The number of nitrogens with zero attached hydrogens (tertiary/aromatic N) is 3. The molecule has 0 saturated carbocycles. The van der Waals surface area contributed by atoms with E-state index in [0.29, 0.717) is 53.8 Å². The lowest BCUT2D eigenvalue weighted by atomic mass is 10.1. The highest BCUT2D eigenvalue weighted by molar-refractivity contribution is 6.30. The molecule has 0 aliphatic carbocycles. The van der Waals surface area contributed by atoms with E-state index in [4.69, 9.17) is 21.1 Å². The summed E-state index contributed by atoms with van der Waals surface area (Å²) in [5, 5.41) is 6.12. The van der Waals surface area contributed by atoms with Crippen LogP contribution in [-0.4, -0.2) is 65.7 Å². The Hall–Kier alpha value is -4.31. The van der Waals surface area contributed by atoms with E-state index in [1.165, 1.54) is 12.6 Å². The lowest BCUT2D eigenvalue weighted by Crippen LogP contribution is -2.44. The molecular formula is C34H40ClN5O5. The van der Waals surface area contributed by atoms with E-state index < -0.39 is 17.4 Å². The van der Waals surface area contributed by atoms with Crippen molar-refractivity contribution in [1.29, 1.82) is 0 Å². The van der Waals surface area contributed by atoms with Crippen LogP contribution >= 0.6 is 11.6 Å². The number of benzene rings is 2. The van der Waals surface area contributed by atoms with Gasteiger partial charge in [-0.3, -0.25) is 9.59 Å². The number of carbonyl (C=O) groups excluding carboxylic acids is 3. The highest BCUT2D eigenvalue weighted by Crippen LogP contribution is 2.31. The van der Waals surface area contributed by atoms with Gasteiger partial charge in [0.05, 0.1) is 21.8 Å². The van der Waals surface area contributed by atoms with E-state index in [9.17, 15) is 14.4 Å². The number of para-hydroxylation sites is 1. The van der Waals surface area contributed by atoms with Crippen LogP contribution in [0.15, 0.2) is 60.8 Å². The molecule has 2 saturated heterocycles. The first-order chi connectivity index (χ1) is 21.6. The molecule has 2 aliphatic rings. The summed E-state index contributed by atoms with van der Waals surface area (Å²) >= 11 is 5.92. The van der Waals surface area contributed by atoms with Crippen LogP contribution in [-0.2, 0) is 4.74 Å². The zero-order valence-electron chi connectivity index (χ0n) is 26.0. The Morgan fingerprint density at radius 2 is 1.58 bits per heavy atom. The van der Waals surface area contributed by atoms with Gasteiger partial charge in [-0.05, 0) is 76.4 Å². The number of pyridine rings is 1. The van der Waals surface area contributed by atoms with Gasteiger partial charge in [0.1, 0.15) is 23.3 Å². The number of rotatable bonds is 7. The first kappa shape index (κ1) is 32.1. The van der Waals surface area contributed by atoms with Crippen molar-refractivity contribution in [3.05, 3.63) is 76.9 Å². The molecule has 0 bridgehead atoms. The van der Waals surface area contributed by atoms with Crippen LogP contribution in [0.3, 0.4) is 0 Å². The van der Waals surface area contributed by atoms with E-state index in [0.717, 1.165) is 31.6 Å². The van der Waals surface area contributed by atoms with Gasteiger partial charge in [-0.15, -0.1) is 0 Å². The van der Waals surface area contributed by atoms with Crippen LogP contribution in [0.1, 0.15) is 73.6 Å². The normalized spacial score (nSPS) is 15.7.